The van der Waals surface area contributed by atoms with Crippen LogP contribution in [0.25, 0.3) is 0 Å². The average Bonchev–Trinajstić information content (AvgIpc) is 2.58. The van der Waals surface area contributed by atoms with Gasteiger partial charge in [-0.2, -0.15) is 0 Å². The average molecular weight is 314 g/mol. The van der Waals surface area contributed by atoms with Gasteiger partial charge in [0.15, 0.2) is 0 Å². The van der Waals surface area contributed by atoms with E-state index in [1.165, 1.54) is 12.1 Å². The molecule has 0 radical (unpaired) electrons. The molecule has 0 saturated carbocycles. The molecule has 5 nitrogen and oxygen atoms in total. The highest BCUT2D eigenvalue weighted by Crippen LogP contribution is 2.17. The molecule has 2 N–H and O–H groups in total. The van der Waals surface area contributed by atoms with Gasteiger partial charge in [-0.3, -0.25) is 20.4 Å². The van der Waals surface area contributed by atoms with Crippen molar-refractivity contribution in [3.05, 3.63) is 78.1 Å². The number of nitrogens with one attached hydrogen (secondary N) is 2. The number of benzene rings is 2. The molecule has 23 heavy (non-hydrogen) atoms. The number of hydrogen-bond donors (Lipinski definition) is 2. The monoisotopic (exact) mass is 314 g/mol. The summed E-state index contributed by atoms with van der Waals surface area (Å²) in [5.41, 5.74) is 5.05. The van der Waals surface area contributed by atoms with Crippen molar-refractivity contribution in [2.45, 2.75) is 0 Å². The minimum atomic E-state index is -0.553. The minimum absolute atomic E-state index is 0.225. The van der Waals surface area contributed by atoms with Gasteiger partial charge in [-0.15, -0.1) is 0 Å². The molecule has 0 aromatic heterocycles. The first-order chi connectivity index (χ1) is 11.1. The van der Waals surface area contributed by atoms with Gasteiger partial charge in [0, 0.05) is 5.56 Å². The van der Waals surface area contributed by atoms with Crippen molar-refractivity contribution in [2.24, 2.45) is 0 Å². The van der Waals surface area contributed by atoms with Crippen molar-refractivity contribution in [3.63, 3.8) is 0 Å². The molecule has 0 aliphatic heterocycles. The normalized spacial score (nSPS) is 9.78. The van der Waals surface area contributed by atoms with E-state index in [9.17, 15) is 14.0 Å². The zero-order valence-corrected chi connectivity index (χ0v) is 12.2. The molecule has 0 aliphatic carbocycles. The van der Waals surface area contributed by atoms with Crippen LogP contribution < -0.4 is 15.6 Å². The van der Waals surface area contributed by atoms with Crippen LogP contribution in [0.1, 0.15) is 20.7 Å². The molecule has 118 valence electrons. The fourth-order valence-electron chi connectivity index (χ4n) is 1.78. The molecule has 2 amide bonds. The molecule has 0 saturated heterocycles. The molecule has 2 rings (SSSR count). The largest absolute Gasteiger partial charge is 0.489 e. The van der Waals surface area contributed by atoms with Crippen LogP contribution in [0.3, 0.4) is 0 Å². The first-order valence-electron chi connectivity index (χ1n) is 6.81. The molecule has 0 bridgehead atoms. The topological polar surface area (TPSA) is 67.4 Å². The lowest BCUT2D eigenvalue weighted by Crippen LogP contribution is -2.41. The quantitative estimate of drug-likeness (QED) is 0.658. The molecule has 0 heterocycles. The van der Waals surface area contributed by atoms with Crippen molar-refractivity contribution >= 4 is 11.8 Å². The van der Waals surface area contributed by atoms with Crippen LogP contribution in [-0.4, -0.2) is 18.4 Å². The third kappa shape index (κ3) is 4.41. The van der Waals surface area contributed by atoms with Crippen molar-refractivity contribution in [3.8, 4) is 5.75 Å². The van der Waals surface area contributed by atoms with Gasteiger partial charge in [0.05, 0.1) is 5.56 Å². The second-order valence-corrected chi connectivity index (χ2v) is 4.51. The summed E-state index contributed by atoms with van der Waals surface area (Å²) >= 11 is 0. The van der Waals surface area contributed by atoms with Crippen LogP contribution in [0.4, 0.5) is 4.39 Å². The minimum Gasteiger partial charge on any atom is -0.489 e. The molecule has 0 atom stereocenters. The maximum atomic E-state index is 12.8. The van der Waals surface area contributed by atoms with Gasteiger partial charge in [0.25, 0.3) is 11.8 Å². The lowest BCUT2D eigenvalue weighted by Gasteiger charge is -2.11. The fourth-order valence-corrected chi connectivity index (χ4v) is 1.78. The SMILES string of the molecule is C=CCOc1ccccc1C(=O)NNC(=O)c1ccc(F)cc1. The number of amides is 2. The van der Waals surface area contributed by atoms with E-state index in [0.717, 1.165) is 12.1 Å². The van der Waals surface area contributed by atoms with Gasteiger partial charge in [-0.1, -0.05) is 24.8 Å². The summed E-state index contributed by atoms with van der Waals surface area (Å²) in [5.74, 6) is -1.15. The van der Waals surface area contributed by atoms with Crippen LogP contribution in [0.15, 0.2) is 61.2 Å². The van der Waals surface area contributed by atoms with Gasteiger partial charge >= 0.3 is 0 Å². The van der Waals surface area contributed by atoms with Crippen LogP contribution in [0.2, 0.25) is 0 Å². The van der Waals surface area contributed by atoms with Gasteiger partial charge in [0.1, 0.15) is 18.2 Å². The summed E-state index contributed by atoms with van der Waals surface area (Å²) in [6.45, 7) is 3.80. The van der Waals surface area contributed by atoms with Crippen molar-refractivity contribution < 1.29 is 18.7 Å². The van der Waals surface area contributed by atoms with E-state index in [4.69, 9.17) is 4.74 Å². The summed E-state index contributed by atoms with van der Waals surface area (Å²) in [6.07, 6.45) is 1.56. The Morgan fingerprint density at radius 2 is 1.70 bits per heavy atom. The molecule has 2 aromatic rings. The second-order valence-electron chi connectivity index (χ2n) is 4.51. The molecule has 0 unspecified atom stereocenters. The highest BCUT2D eigenvalue weighted by Gasteiger charge is 2.13. The van der Waals surface area contributed by atoms with E-state index in [0.29, 0.717) is 5.75 Å². The van der Waals surface area contributed by atoms with Crippen molar-refractivity contribution in [2.75, 3.05) is 6.61 Å². The fraction of sp³-hybridized carbons (Fsp3) is 0.0588. The molecular weight excluding hydrogens is 299 g/mol. The first-order valence-corrected chi connectivity index (χ1v) is 6.81. The Balaban J connectivity index is 2.00. The number of carbonyl (C=O) groups excluding carboxylic acids is 2. The number of carbonyl (C=O) groups is 2. The summed E-state index contributed by atoms with van der Waals surface area (Å²) in [4.78, 5) is 24.0. The maximum absolute atomic E-state index is 12.8. The number of halogens is 1. The highest BCUT2D eigenvalue weighted by molar-refractivity contribution is 6.00. The Morgan fingerprint density at radius 1 is 1.04 bits per heavy atom. The van der Waals surface area contributed by atoms with Crippen molar-refractivity contribution in [1.29, 1.82) is 0 Å². The van der Waals surface area contributed by atoms with Crippen LogP contribution in [0, 0.1) is 5.82 Å². The second kappa shape index (κ2) is 7.74. The van der Waals surface area contributed by atoms with E-state index >= 15 is 0 Å². The summed E-state index contributed by atoms with van der Waals surface area (Å²) in [5, 5.41) is 0. The lowest BCUT2D eigenvalue weighted by molar-refractivity contribution is 0.0844. The molecule has 0 spiro atoms. The molecule has 0 aliphatic rings. The zero-order valence-electron chi connectivity index (χ0n) is 12.2. The van der Waals surface area contributed by atoms with Crippen molar-refractivity contribution in [1.82, 2.24) is 10.9 Å². The Hall–Kier alpha value is -3.15. The standard InChI is InChI=1S/C17H15FN2O3/c1-2-11-23-15-6-4-3-5-14(15)17(22)20-19-16(21)12-7-9-13(18)10-8-12/h2-10H,1,11H2,(H,19,21)(H,20,22). The first kappa shape index (κ1) is 16.2. The Kier molecular flexibility index (Phi) is 5.46. The third-order valence-corrected chi connectivity index (χ3v) is 2.88. The summed E-state index contributed by atoms with van der Waals surface area (Å²) in [7, 11) is 0. The van der Waals surface area contributed by atoms with Gasteiger partial charge in [0.2, 0.25) is 0 Å². The number of hydrazine groups is 1. The van der Waals surface area contributed by atoms with E-state index in [1.54, 1.807) is 30.3 Å². The van der Waals surface area contributed by atoms with E-state index in [2.05, 4.69) is 17.4 Å². The lowest BCUT2D eigenvalue weighted by atomic mass is 10.2. The van der Waals surface area contributed by atoms with Gasteiger partial charge in [-0.25, -0.2) is 4.39 Å². The molecule has 2 aromatic carbocycles. The summed E-state index contributed by atoms with van der Waals surface area (Å²) < 4.78 is 18.2. The number of rotatable bonds is 5. The van der Waals surface area contributed by atoms with Crippen LogP contribution in [0.5, 0.6) is 5.75 Å². The highest BCUT2D eigenvalue weighted by atomic mass is 19.1. The smallest absolute Gasteiger partial charge is 0.273 e. The number of ether oxygens (including phenoxy) is 1. The Morgan fingerprint density at radius 3 is 2.39 bits per heavy atom. The van der Waals surface area contributed by atoms with Gasteiger partial charge in [-0.05, 0) is 36.4 Å². The molecule has 0 fully saturated rings. The van der Waals surface area contributed by atoms with Crippen LogP contribution in [-0.2, 0) is 0 Å². The molecular formula is C17H15FN2O3. The third-order valence-electron chi connectivity index (χ3n) is 2.88. The maximum Gasteiger partial charge on any atom is 0.273 e. The predicted octanol–water partition coefficient (Wildman–Crippen LogP) is 2.47. The molecule has 6 heteroatoms. The predicted molar refractivity (Wildman–Crippen MR) is 83.5 cm³/mol. The van der Waals surface area contributed by atoms with E-state index in [1.807, 2.05) is 0 Å². The number of para-hydroxylation sites is 1. The Labute approximate surface area is 132 Å². The van der Waals surface area contributed by atoms with Gasteiger partial charge < -0.3 is 4.74 Å². The van der Waals surface area contributed by atoms with E-state index in [-0.39, 0.29) is 17.7 Å². The summed E-state index contributed by atoms with van der Waals surface area (Å²) in [6, 6.07) is 11.6. The van der Waals surface area contributed by atoms with Crippen LogP contribution >= 0.6 is 0 Å². The Bertz CT molecular complexity index is 714. The van der Waals surface area contributed by atoms with E-state index < -0.39 is 17.6 Å². The number of hydrogen-bond acceptors (Lipinski definition) is 3. The zero-order chi connectivity index (χ0) is 16.7.